The molecule has 0 aliphatic carbocycles. The van der Waals surface area contributed by atoms with E-state index in [1.807, 2.05) is 12.1 Å². The van der Waals surface area contributed by atoms with Crippen molar-refractivity contribution < 1.29 is 9.90 Å². The van der Waals surface area contributed by atoms with Crippen LogP contribution in [0.25, 0.3) is 0 Å². The second kappa shape index (κ2) is 9.40. The van der Waals surface area contributed by atoms with E-state index in [2.05, 4.69) is 18.7 Å². The Balaban J connectivity index is 2.73. The number of nitrogens with zero attached hydrogens (tertiary/aromatic N) is 1. The zero-order chi connectivity index (χ0) is 14.8. The summed E-state index contributed by atoms with van der Waals surface area (Å²) in [5.41, 5.74) is 1.41. The minimum Gasteiger partial charge on any atom is -0.478 e. The summed E-state index contributed by atoms with van der Waals surface area (Å²) in [7, 11) is 0. The van der Waals surface area contributed by atoms with Gasteiger partial charge in [-0.2, -0.15) is 0 Å². The van der Waals surface area contributed by atoms with Gasteiger partial charge in [0.05, 0.1) is 5.56 Å². The van der Waals surface area contributed by atoms with Gasteiger partial charge in [-0.25, -0.2) is 4.79 Å². The van der Waals surface area contributed by atoms with Crippen molar-refractivity contribution in [1.29, 1.82) is 0 Å². The fourth-order valence-electron chi connectivity index (χ4n) is 2.31. The van der Waals surface area contributed by atoms with Crippen LogP contribution >= 0.6 is 0 Å². The number of carboxylic acid groups (broad SMARTS) is 1. The van der Waals surface area contributed by atoms with Crippen LogP contribution in [0, 0.1) is 0 Å². The van der Waals surface area contributed by atoms with Gasteiger partial charge in [0.15, 0.2) is 0 Å². The molecule has 0 aromatic heterocycles. The third-order valence-electron chi connectivity index (χ3n) is 3.52. The average Bonchev–Trinajstić information content (AvgIpc) is 2.46. The van der Waals surface area contributed by atoms with Gasteiger partial charge in [-0.05, 0) is 31.0 Å². The molecule has 112 valence electrons. The molecule has 0 amide bonds. The first-order valence-corrected chi connectivity index (χ1v) is 7.77. The Morgan fingerprint density at radius 2 is 1.65 bits per heavy atom. The molecule has 0 atom stereocenters. The zero-order valence-electron chi connectivity index (χ0n) is 12.8. The van der Waals surface area contributed by atoms with Crippen molar-refractivity contribution in [2.24, 2.45) is 0 Å². The molecule has 1 aromatic carbocycles. The number of hydrogen-bond acceptors (Lipinski definition) is 2. The molecule has 1 aromatic rings. The van der Waals surface area contributed by atoms with Gasteiger partial charge < -0.3 is 10.0 Å². The second-order valence-corrected chi connectivity index (χ2v) is 5.26. The number of aromatic carboxylic acids is 1. The monoisotopic (exact) mass is 277 g/mol. The molecule has 1 rings (SSSR count). The molecule has 0 saturated carbocycles. The number of benzene rings is 1. The Morgan fingerprint density at radius 1 is 1.05 bits per heavy atom. The van der Waals surface area contributed by atoms with E-state index in [1.54, 1.807) is 12.1 Å². The Labute approximate surface area is 122 Å². The molecule has 0 aliphatic heterocycles. The normalized spacial score (nSPS) is 10.5. The van der Waals surface area contributed by atoms with Gasteiger partial charge in [-0.1, -0.05) is 45.6 Å². The lowest BCUT2D eigenvalue weighted by Gasteiger charge is -2.25. The van der Waals surface area contributed by atoms with Crippen LogP contribution in [0.15, 0.2) is 24.3 Å². The maximum Gasteiger partial charge on any atom is 0.335 e. The highest BCUT2D eigenvalue weighted by Crippen LogP contribution is 2.18. The molecule has 0 radical (unpaired) electrons. The Bertz CT molecular complexity index is 394. The highest BCUT2D eigenvalue weighted by Gasteiger charge is 2.09. The molecule has 20 heavy (non-hydrogen) atoms. The maximum atomic E-state index is 11.1. The standard InChI is InChI=1S/C17H27NO2/c1-3-5-7-12-18(13-8-6-4-2)16-11-9-10-15(14-16)17(19)20/h9-11,14H,3-8,12-13H2,1-2H3,(H,19,20). The van der Waals surface area contributed by atoms with Crippen LogP contribution in [0.3, 0.4) is 0 Å². The highest BCUT2D eigenvalue weighted by molar-refractivity contribution is 5.88. The summed E-state index contributed by atoms with van der Waals surface area (Å²) in [4.78, 5) is 13.4. The minimum atomic E-state index is -0.853. The van der Waals surface area contributed by atoms with E-state index in [1.165, 1.54) is 38.5 Å². The average molecular weight is 277 g/mol. The Morgan fingerprint density at radius 3 is 2.15 bits per heavy atom. The Hall–Kier alpha value is -1.51. The molecule has 0 bridgehead atoms. The van der Waals surface area contributed by atoms with Crippen molar-refractivity contribution in [2.75, 3.05) is 18.0 Å². The van der Waals surface area contributed by atoms with Crippen LogP contribution < -0.4 is 4.90 Å². The third kappa shape index (κ3) is 5.64. The summed E-state index contributed by atoms with van der Waals surface area (Å²) in [5, 5.41) is 9.10. The van der Waals surface area contributed by atoms with Gasteiger partial charge in [-0.3, -0.25) is 0 Å². The molecular weight excluding hydrogens is 250 g/mol. The molecule has 0 unspecified atom stereocenters. The first-order chi connectivity index (χ1) is 9.69. The van der Waals surface area contributed by atoms with Crippen LogP contribution in [0.1, 0.15) is 62.7 Å². The number of rotatable bonds is 10. The number of unbranched alkanes of at least 4 members (excludes halogenated alkanes) is 4. The summed E-state index contributed by atoms with van der Waals surface area (Å²) >= 11 is 0. The van der Waals surface area contributed by atoms with Crippen molar-refractivity contribution in [3.05, 3.63) is 29.8 Å². The predicted molar refractivity (Wildman–Crippen MR) is 84.7 cm³/mol. The maximum absolute atomic E-state index is 11.1. The van der Waals surface area contributed by atoms with Crippen LogP contribution in [-0.4, -0.2) is 24.2 Å². The Kier molecular flexibility index (Phi) is 7.78. The lowest BCUT2D eigenvalue weighted by atomic mass is 10.1. The quantitative estimate of drug-likeness (QED) is 0.637. The van der Waals surface area contributed by atoms with Crippen molar-refractivity contribution >= 4 is 11.7 Å². The molecular formula is C17H27NO2. The van der Waals surface area contributed by atoms with Crippen molar-refractivity contribution in [3.8, 4) is 0 Å². The minimum absolute atomic E-state index is 0.374. The van der Waals surface area contributed by atoms with Gasteiger partial charge in [0.1, 0.15) is 0 Å². The predicted octanol–water partition coefficient (Wildman–Crippen LogP) is 4.57. The van der Waals surface area contributed by atoms with Gasteiger partial charge in [-0.15, -0.1) is 0 Å². The number of anilines is 1. The van der Waals surface area contributed by atoms with Gasteiger partial charge in [0.2, 0.25) is 0 Å². The SMILES string of the molecule is CCCCCN(CCCCC)c1cccc(C(=O)O)c1. The van der Waals surface area contributed by atoms with E-state index in [0.29, 0.717) is 5.56 Å². The molecule has 0 aliphatic rings. The van der Waals surface area contributed by atoms with Crippen LogP contribution in [0.4, 0.5) is 5.69 Å². The van der Waals surface area contributed by atoms with E-state index in [-0.39, 0.29) is 0 Å². The fourth-order valence-corrected chi connectivity index (χ4v) is 2.31. The van der Waals surface area contributed by atoms with Gasteiger partial charge in [0, 0.05) is 18.8 Å². The molecule has 0 saturated heterocycles. The third-order valence-corrected chi connectivity index (χ3v) is 3.52. The number of hydrogen-bond donors (Lipinski definition) is 1. The topological polar surface area (TPSA) is 40.5 Å². The number of carbonyl (C=O) groups is 1. The summed E-state index contributed by atoms with van der Waals surface area (Å²) in [5.74, 6) is -0.853. The summed E-state index contributed by atoms with van der Waals surface area (Å²) in [6.45, 7) is 6.43. The lowest BCUT2D eigenvalue weighted by Crippen LogP contribution is -2.26. The smallest absolute Gasteiger partial charge is 0.335 e. The summed E-state index contributed by atoms with van der Waals surface area (Å²) < 4.78 is 0. The molecule has 3 nitrogen and oxygen atoms in total. The molecule has 3 heteroatoms. The molecule has 0 spiro atoms. The number of carboxylic acids is 1. The molecule has 0 fully saturated rings. The van der Waals surface area contributed by atoms with Crippen molar-refractivity contribution in [1.82, 2.24) is 0 Å². The first kappa shape index (κ1) is 16.5. The molecule has 1 N–H and O–H groups in total. The van der Waals surface area contributed by atoms with E-state index in [4.69, 9.17) is 5.11 Å². The summed E-state index contributed by atoms with van der Waals surface area (Å²) in [6, 6.07) is 7.30. The van der Waals surface area contributed by atoms with E-state index < -0.39 is 5.97 Å². The fraction of sp³-hybridized carbons (Fsp3) is 0.588. The zero-order valence-corrected chi connectivity index (χ0v) is 12.8. The van der Waals surface area contributed by atoms with Crippen LogP contribution in [-0.2, 0) is 0 Å². The molecule has 0 heterocycles. The highest BCUT2D eigenvalue weighted by atomic mass is 16.4. The second-order valence-electron chi connectivity index (χ2n) is 5.26. The largest absolute Gasteiger partial charge is 0.478 e. The van der Waals surface area contributed by atoms with Crippen LogP contribution in [0.5, 0.6) is 0 Å². The van der Waals surface area contributed by atoms with Crippen molar-refractivity contribution in [2.45, 2.75) is 52.4 Å². The van der Waals surface area contributed by atoms with Gasteiger partial charge >= 0.3 is 5.97 Å². The lowest BCUT2D eigenvalue weighted by molar-refractivity contribution is 0.0697. The van der Waals surface area contributed by atoms with Gasteiger partial charge in [0.25, 0.3) is 0 Å². The van der Waals surface area contributed by atoms with Crippen LogP contribution in [0.2, 0.25) is 0 Å². The van der Waals surface area contributed by atoms with E-state index in [0.717, 1.165) is 18.8 Å². The summed E-state index contributed by atoms with van der Waals surface area (Å²) in [6.07, 6.45) is 7.20. The first-order valence-electron chi connectivity index (χ1n) is 7.77. The van der Waals surface area contributed by atoms with E-state index in [9.17, 15) is 4.79 Å². The van der Waals surface area contributed by atoms with Crippen molar-refractivity contribution in [3.63, 3.8) is 0 Å². The van der Waals surface area contributed by atoms with E-state index >= 15 is 0 Å².